The van der Waals surface area contributed by atoms with Crippen LogP contribution in [-0.4, -0.2) is 52.1 Å². The Morgan fingerprint density at radius 3 is 2.85 bits per heavy atom. The number of nitrogens with one attached hydrogen (secondary N) is 1. The summed E-state index contributed by atoms with van der Waals surface area (Å²) in [5.74, 6) is 0.194. The van der Waals surface area contributed by atoms with E-state index in [0.717, 1.165) is 31.7 Å². The Labute approximate surface area is 203 Å². The molecule has 3 heterocycles. The molecule has 2 aliphatic rings. The molecule has 0 radical (unpaired) electrons. The number of aromatic nitrogens is 2. The first kappa shape index (κ1) is 22.5. The van der Waals surface area contributed by atoms with Crippen LogP contribution in [0.2, 0.25) is 5.02 Å². The number of hydrogen-bond donors (Lipinski definition) is 1. The zero-order valence-corrected chi connectivity index (χ0v) is 20.1. The molecule has 0 aliphatic carbocycles. The number of rotatable bonds is 5. The number of carbonyl (C=O) groups is 1. The van der Waals surface area contributed by atoms with E-state index in [1.807, 2.05) is 44.2 Å². The van der Waals surface area contributed by atoms with E-state index < -0.39 is 0 Å². The maximum absolute atomic E-state index is 13.7. The van der Waals surface area contributed by atoms with Crippen molar-refractivity contribution in [2.45, 2.75) is 38.9 Å². The highest BCUT2D eigenvalue weighted by molar-refractivity contribution is 6.30. The average molecular weight is 478 g/mol. The van der Waals surface area contributed by atoms with Crippen LogP contribution in [0.3, 0.4) is 0 Å². The number of anilines is 1. The molecule has 176 valence electrons. The van der Waals surface area contributed by atoms with Crippen molar-refractivity contribution >= 4 is 34.1 Å². The van der Waals surface area contributed by atoms with E-state index in [4.69, 9.17) is 16.6 Å². The van der Waals surface area contributed by atoms with Gasteiger partial charge in [0.15, 0.2) is 0 Å². The third-order valence-corrected chi connectivity index (χ3v) is 6.61. The Bertz CT molecular complexity index is 1330. The Balaban J connectivity index is 1.58. The molecule has 1 saturated heterocycles. The second-order valence-electron chi connectivity index (χ2n) is 9.22. The Morgan fingerprint density at radius 1 is 1.21 bits per heavy atom. The van der Waals surface area contributed by atoms with Gasteiger partial charge in [-0.05, 0) is 56.8 Å². The van der Waals surface area contributed by atoms with Gasteiger partial charge in [0, 0.05) is 48.0 Å². The highest BCUT2D eigenvalue weighted by Crippen LogP contribution is 2.27. The van der Waals surface area contributed by atoms with Crippen LogP contribution in [0.5, 0.6) is 0 Å². The van der Waals surface area contributed by atoms with Crippen LogP contribution in [0.1, 0.15) is 20.3 Å². The molecule has 0 saturated carbocycles. The van der Waals surface area contributed by atoms with Crippen LogP contribution in [0.15, 0.2) is 59.5 Å². The summed E-state index contributed by atoms with van der Waals surface area (Å²) in [5, 5.41) is 3.92. The van der Waals surface area contributed by atoms with Crippen LogP contribution >= 0.6 is 11.6 Å². The summed E-state index contributed by atoms with van der Waals surface area (Å²) in [4.78, 5) is 35.9. The lowest BCUT2D eigenvalue weighted by Crippen LogP contribution is -2.49. The highest BCUT2D eigenvalue weighted by atomic mass is 35.5. The van der Waals surface area contributed by atoms with Crippen molar-refractivity contribution in [2.24, 2.45) is 0 Å². The minimum atomic E-state index is -0.234. The molecule has 1 fully saturated rings. The van der Waals surface area contributed by atoms with Crippen LogP contribution < -0.4 is 15.8 Å². The van der Waals surface area contributed by atoms with Gasteiger partial charge in [-0.15, -0.1) is 0 Å². The zero-order chi connectivity index (χ0) is 23.8. The number of carbonyl (C=O) groups excluding carboxylic acids is 1. The topological polar surface area (TPSA) is 70.5 Å². The number of piperazine rings is 1. The van der Waals surface area contributed by atoms with E-state index in [9.17, 15) is 9.59 Å². The standard InChI is InChI=1S/C26H28ClN5O2/c1-17(2)28-24(33)16-32-25(18-5-3-6-19(27)13-18)29-23-9-8-20(14-22(23)26(32)34)31-12-11-30-10-4-7-21(30)15-31/h3-6,8-10,13-14,17,21H,7,11-12,15-16H2,1-2H3,(H,28,33). The first-order chi connectivity index (χ1) is 16.4. The van der Waals surface area contributed by atoms with E-state index in [0.29, 0.717) is 33.4 Å². The average Bonchev–Trinajstić information content (AvgIpc) is 3.28. The fourth-order valence-corrected chi connectivity index (χ4v) is 4.97. The van der Waals surface area contributed by atoms with Crippen LogP contribution in [0.4, 0.5) is 5.69 Å². The molecule has 8 heteroatoms. The first-order valence-electron chi connectivity index (χ1n) is 11.7. The maximum Gasteiger partial charge on any atom is 0.262 e. The van der Waals surface area contributed by atoms with Crippen molar-refractivity contribution in [1.82, 2.24) is 19.8 Å². The number of halogens is 1. The van der Waals surface area contributed by atoms with Crippen molar-refractivity contribution in [3.05, 3.63) is 70.1 Å². The third kappa shape index (κ3) is 4.40. The van der Waals surface area contributed by atoms with Gasteiger partial charge in [-0.1, -0.05) is 29.8 Å². The predicted molar refractivity (Wildman–Crippen MR) is 136 cm³/mol. The smallest absolute Gasteiger partial charge is 0.262 e. The third-order valence-electron chi connectivity index (χ3n) is 6.37. The Hall–Kier alpha value is -3.32. The summed E-state index contributed by atoms with van der Waals surface area (Å²) in [7, 11) is 0. The van der Waals surface area contributed by atoms with Gasteiger partial charge in [0.25, 0.3) is 5.56 Å². The normalized spacial score (nSPS) is 17.5. The van der Waals surface area contributed by atoms with E-state index in [1.165, 1.54) is 4.57 Å². The van der Waals surface area contributed by atoms with Gasteiger partial charge in [0.05, 0.1) is 10.9 Å². The molecule has 3 aromatic rings. The summed E-state index contributed by atoms with van der Waals surface area (Å²) in [6.45, 7) is 6.44. The molecule has 1 N–H and O–H groups in total. The molecule has 7 nitrogen and oxygen atoms in total. The van der Waals surface area contributed by atoms with Crippen molar-refractivity contribution in [2.75, 3.05) is 24.5 Å². The molecule has 34 heavy (non-hydrogen) atoms. The summed E-state index contributed by atoms with van der Waals surface area (Å²) in [5.41, 5.74) is 2.07. The lowest BCUT2D eigenvalue weighted by atomic mass is 10.1. The number of amides is 1. The lowest BCUT2D eigenvalue weighted by Gasteiger charge is -2.39. The quantitative estimate of drug-likeness (QED) is 0.607. The monoisotopic (exact) mass is 477 g/mol. The summed E-state index contributed by atoms with van der Waals surface area (Å²) in [6.07, 6.45) is 5.45. The number of benzene rings is 2. The van der Waals surface area contributed by atoms with Crippen molar-refractivity contribution in [3.8, 4) is 11.4 Å². The largest absolute Gasteiger partial charge is 0.371 e. The van der Waals surface area contributed by atoms with Crippen LogP contribution in [-0.2, 0) is 11.3 Å². The molecule has 1 unspecified atom stereocenters. The number of hydrogen-bond acceptors (Lipinski definition) is 5. The Kier molecular flexibility index (Phi) is 6.04. The fourth-order valence-electron chi connectivity index (χ4n) is 4.77. The van der Waals surface area contributed by atoms with Gasteiger partial charge >= 0.3 is 0 Å². The molecule has 1 atom stereocenters. The van der Waals surface area contributed by atoms with Gasteiger partial charge in [-0.3, -0.25) is 14.2 Å². The molecule has 0 spiro atoms. The van der Waals surface area contributed by atoms with Crippen LogP contribution in [0, 0.1) is 0 Å². The Morgan fingerprint density at radius 2 is 2.06 bits per heavy atom. The van der Waals surface area contributed by atoms with Gasteiger partial charge in [0.2, 0.25) is 5.91 Å². The lowest BCUT2D eigenvalue weighted by molar-refractivity contribution is -0.122. The van der Waals surface area contributed by atoms with E-state index in [2.05, 4.69) is 27.4 Å². The molecule has 1 amide bonds. The van der Waals surface area contributed by atoms with Crippen molar-refractivity contribution in [3.63, 3.8) is 0 Å². The van der Waals surface area contributed by atoms with Gasteiger partial charge < -0.3 is 15.1 Å². The molecular weight excluding hydrogens is 450 g/mol. The van der Waals surface area contributed by atoms with Crippen LogP contribution in [0.25, 0.3) is 22.3 Å². The molecule has 1 aromatic heterocycles. The second kappa shape index (κ2) is 9.14. The minimum Gasteiger partial charge on any atom is -0.371 e. The van der Waals surface area contributed by atoms with Crippen molar-refractivity contribution in [1.29, 1.82) is 0 Å². The van der Waals surface area contributed by atoms with Gasteiger partial charge in [0.1, 0.15) is 12.4 Å². The summed E-state index contributed by atoms with van der Waals surface area (Å²) < 4.78 is 1.45. The van der Waals surface area contributed by atoms with E-state index in [-0.39, 0.29) is 24.1 Å². The number of fused-ring (bicyclic) bond motifs is 2. The first-order valence-corrected chi connectivity index (χ1v) is 12.0. The highest BCUT2D eigenvalue weighted by Gasteiger charge is 2.27. The molecule has 2 aromatic carbocycles. The van der Waals surface area contributed by atoms with Gasteiger partial charge in [-0.25, -0.2) is 4.98 Å². The van der Waals surface area contributed by atoms with Gasteiger partial charge in [-0.2, -0.15) is 0 Å². The molecular formula is C26H28ClN5O2. The second-order valence-corrected chi connectivity index (χ2v) is 9.66. The molecule has 5 rings (SSSR count). The van der Waals surface area contributed by atoms with Crippen molar-refractivity contribution < 1.29 is 4.79 Å². The zero-order valence-electron chi connectivity index (χ0n) is 19.4. The molecule has 0 bridgehead atoms. The summed E-state index contributed by atoms with van der Waals surface area (Å²) in [6, 6.07) is 13.5. The van der Waals surface area contributed by atoms with E-state index in [1.54, 1.807) is 12.1 Å². The summed E-state index contributed by atoms with van der Waals surface area (Å²) >= 11 is 6.22. The predicted octanol–water partition coefficient (Wildman–Crippen LogP) is 3.65. The SMILES string of the molecule is CC(C)NC(=O)Cn1c(-c2cccc(Cl)c2)nc2ccc(N3CCN4C=CCC4C3)cc2c1=O. The van der Waals surface area contributed by atoms with E-state index >= 15 is 0 Å². The maximum atomic E-state index is 13.7. The minimum absolute atomic E-state index is 0.0263. The molecule has 2 aliphatic heterocycles. The fraction of sp³-hybridized carbons (Fsp3) is 0.346. The number of nitrogens with zero attached hydrogens (tertiary/aromatic N) is 4.